The fourth-order valence-corrected chi connectivity index (χ4v) is 2.38. The minimum Gasteiger partial charge on any atom is -0.493 e. The standard InChI is InChI=1S/C18H31NO2/c1-13(18(2,3)4)10-15(19-5)11-14-8-9-16(20-6)17(12-14)21-7/h8-9,12-13,15,19H,10-11H2,1-7H3. The minimum atomic E-state index is 0.340. The van der Waals surface area contributed by atoms with Crippen LogP contribution in [0.5, 0.6) is 11.5 Å². The van der Waals surface area contributed by atoms with Crippen LogP contribution in [0.1, 0.15) is 39.7 Å². The second-order valence-corrected chi connectivity index (χ2v) is 6.88. The molecule has 120 valence electrons. The van der Waals surface area contributed by atoms with Crippen molar-refractivity contribution in [1.82, 2.24) is 5.32 Å². The first-order chi connectivity index (χ1) is 9.81. The molecule has 0 spiro atoms. The van der Waals surface area contributed by atoms with Crippen molar-refractivity contribution in [2.75, 3.05) is 21.3 Å². The van der Waals surface area contributed by atoms with Crippen LogP contribution in [0, 0.1) is 11.3 Å². The molecule has 1 rings (SSSR count). The summed E-state index contributed by atoms with van der Waals surface area (Å²) in [5.41, 5.74) is 1.61. The van der Waals surface area contributed by atoms with Crippen LogP contribution in [0.25, 0.3) is 0 Å². The van der Waals surface area contributed by atoms with Gasteiger partial charge in [-0.15, -0.1) is 0 Å². The van der Waals surface area contributed by atoms with Gasteiger partial charge in [-0.05, 0) is 48.9 Å². The Balaban J connectivity index is 2.77. The molecule has 0 aliphatic rings. The second kappa shape index (κ2) is 7.69. The fraction of sp³-hybridized carbons (Fsp3) is 0.667. The summed E-state index contributed by atoms with van der Waals surface area (Å²) >= 11 is 0. The number of nitrogens with one attached hydrogen (secondary N) is 1. The number of hydrogen-bond donors (Lipinski definition) is 1. The van der Waals surface area contributed by atoms with E-state index in [1.807, 2.05) is 13.1 Å². The van der Waals surface area contributed by atoms with Gasteiger partial charge in [-0.25, -0.2) is 0 Å². The zero-order chi connectivity index (χ0) is 16.0. The molecule has 0 fully saturated rings. The molecule has 2 atom stereocenters. The zero-order valence-corrected chi connectivity index (χ0v) is 14.6. The van der Waals surface area contributed by atoms with Gasteiger partial charge in [-0.1, -0.05) is 33.8 Å². The van der Waals surface area contributed by atoms with Crippen molar-refractivity contribution < 1.29 is 9.47 Å². The van der Waals surface area contributed by atoms with E-state index >= 15 is 0 Å². The summed E-state index contributed by atoms with van der Waals surface area (Å²) in [7, 11) is 5.39. The van der Waals surface area contributed by atoms with Crippen LogP contribution in [0.2, 0.25) is 0 Å². The molecule has 1 aromatic rings. The fourth-order valence-electron chi connectivity index (χ4n) is 2.38. The van der Waals surface area contributed by atoms with Crippen molar-refractivity contribution in [2.45, 2.75) is 46.6 Å². The molecule has 0 aliphatic heterocycles. The van der Waals surface area contributed by atoms with Crippen molar-refractivity contribution in [3.8, 4) is 11.5 Å². The lowest BCUT2D eigenvalue weighted by Gasteiger charge is -2.31. The van der Waals surface area contributed by atoms with Gasteiger partial charge in [0.05, 0.1) is 14.2 Å². The summed E-state index contributed by atoms with van der Waals surface area (Å²) in [6.45, 7) is 9.25. The van der Waals surface area contributed by atoms with Crippen molar-refractivity contribution >= 4 is 0 Å². The summed E-state index contributed by atoms with van der Waals surface area (Å²) in [5, 5.41) is 3.45. The van der Waals surface area contributed by atoms with E-state index in [0.29, 0.717) is 17.4 Å². The number of hydrogen-bond acceptors (Lipinski definition) is 3. The highest BCUT2D eigenvalue weighted by atomic mass is 16.5. The molecule has 1 aromatic carbocycles. The highest BCUT2D eigenvalue weighted by Crippen LogP contribution is 2.31. The number of benzene rings is 1. The van der Waals surface area contributed by atoms with Gasteiger partial charge in [0.2, 0.25) is 0 Å². The normalized spacial score (nSPS) is 14.6. The molecular formula is C18H31NO2. The molecule has 0 radical (unpaired) electrons. The Kier molecular flexibility index (Phi) is 6.53. The Hall–Kier alpha value is -1.22. The van der Waals surface area contributed by atoms with Crippen LogP contribution in [0.4, 0.5) is 0 Å². The molecule has 0 aliphatic carbocycles. The third-order valence-corrected chi connectivity index (χ3v) is 4.45. The lowest BCUT2D eigenvalue weighted by atomic mass is 9.78. The Morgan fingerprint density at radius 2 is 1.71 bits per heavy atom. The largest absolute Gasteiger partial charge is 0.493 e. The van der Waals surface area contributed by atoms with Crippen LogP contribution >= 0.6 is 0 Å². The Morgan fingerprint density at radius 3 is 2.19 bits per heavy atom. The van der Waals surface area contributed by atoms with Gasteiger partial charge in [0.25, 0.3) is 0 Å². The molecule has 3 heteroatoms. The molecule has 2 unspecified atom stereocenters. The number of rotatable bonds is 7. The van der Waals surface area contributed by atoms with Crippen LogP contribution in [0.3, 0.4) is 0 Å². The first kappa shape index (κ1) is 17.8. The summed E-state index contributed by atoms with van der Waals surface area (Å²) in [5.74, 6) is 2.24. The van der Waals surface area contributed by atoms with E-state index in [2.05, 4.69) is 45.1 Å². The van der Waals surface area contributed by atoms with E-state index in [1.165, 1.54) is 5.56 Å². The predicted octanol–water partition coefficient (Wildman–Crippen LogP) is 3.91. The lowest BCUT2D eigenvalue weighted by Crippen LogP contribution is -2.33. The van der Waals surface area contributed by atoms with Crippen molar-refractivity contribution in [2.24, 2.45) is 11.3 Å². The van der Waals surface area contributed by atoms with Gasteiger partial charge in [0.1, 0.15) is 0 Å². The highest BCUT2D eigenvalue weighted by molar-refractivity contribution is 5.43. The predicted molar refractivity (Wildman–Crippen MR) is 89.3 cm³/mol. The topological polar surface area (TPSA) is 30.5 Å². The van der Waals surface area contributed by atoms with Gasteiger partial charge >= 0.3 is 0 Å². The van der Waals surface area contributed by atoms with Crippen molar-refractivity contribution in [1.29, 1.82) is 0 Å². The highest BCUT2D eigenvalue weighted by Gasteiger charge is 2.23. The number of likely N-dealkylation sites (N-methyl/N-ethyl adjacent to an activating group) is 1. The average molecular weight is 293 g/mol. The minimum absolute atomic E-state index is 0.340. The van der Waals surface area contributed by atoms with Crippen LogP contribution in [-0.4, -0.2) is 27.3 Å². The van der Waals surface area contributed by atoms with Gasteiger partial charge in [0, 0.05) is 6.04 Å². The lowest BCUT2D eigenvalue weighted by molar-refractivity contribution is 0.225. The third kappa shape index (κ3) is 5.24. The molecule has 0 saturated carbocycles. The molecule has 0 saturated heterocycles. The Labute approximate surface area is 130 Å². The number of methoxy groups -OCH3 is 2. The van der Waals surface area contributed by atoms with E-state index in [0.717, 1.165) is 24.3 Å². The molecule has 21 heavy (non-hydrogen) atoms. The molecule has 0 bridgehead atoms. The van der Waals surface area contributed by atoms with Crippen LogP contribution in [0.15, 0.2) is 18.2 Å². The zero-order valence-electron chi connectivity index (χ0n) is 14.6. The maximum absolute atomic E-state index is 5.38. The second-order valence-electron chi connectivity index (χ2n) is 6.88. The van der Waals surface area contributed by atoms with E-state index in [9.17, 15) is 0 Å². The van der Waals surface area contributed by atoms with Gasteiger partial charge < -0.3 is 14.8 Å². The van der Waals surface area contributed by atoms with Crippen LogP contribution < -0.4 is 14.8 Å². The first-order valence-electron chi connectivity index (χ1n) is 7.70. The van der Waals surface area contributed by atoms with Crippen LogP contribution in [-0.2, 0) is 6.42 Å². The summed E-state index contributed by atoms with van der Waals surface area (Å²) in [6, 6.07) is 6.64. The number of ether oxygens (including phenoxy) is 2. The van der Waals surface area contributed by atoms with E-state index in [-0.39, 0.29) is 0 Å². The molecular weight excluding hydrogens is 262 g/mol. The first-order valence-corrected chi connectivity index (χ1v) is 7.70. The summed E-state index contributed by atoms with van der Waals surface area (Å²) in [4.78, 5) is 0. The average Bonchev–Trinajstić information content (AvgIpc) is 2.45. The van der Waals surface area contributed by atoms with Gasteiger partial charge in [-0.3, -0.25) is 0 Å². The maximum atomic E-state index is 5.38. The molecule has 0 amide bonds. The molecule has 3 nitrogen and oxygen atoms in total. The monoisotopic (exact) mass is 293 g/mol. The molecule has 1 N–H and O–H groups in total. The Bertz CT molecular complexity index is 437. The summed E-state index contributed by atoms with van der Waals surface area (Å²) < 4.78 is 10.7. The van der Waals surface area contributed by atoms with E-state index < -0.39 is 0 Å². The van der Waals surface area contributed by atoms with Gasteiger partial charge in [0.15, 0.2) is 11.5 Å². The van der Waals surface area contributed by atoms with Crippen molar-refractivity contribution in [3.63, 3.8) is 0 Å². The van der Waals surface area contributed by atoms with E-state index in [1.54, 1.807) is 14.2 Å². The third-order valence-electron chi connectivity index (χ3n) is 4.45. The quantitative estimate of drug-likeness (QED) is 0.827. The SMILES string of the molecule is CNC(Cc1ccc(OC)c(OC)c1)CC(C)C(C)(C)C. The van der Waals surface area contributed by atoms with Crippen molar-refractivity contribution in [3.05, 3.63) is 23.8 Å². The molecule has 0 aromatic heterocycles. The van der Waals surface area contributed by atoms with E-state index in [4.69, 9.17) is 9.47 Å². The summed E-state index contributed by atoms with van der Waals surface area (Å²) in [6.07, 6.45) is 2.16. The Morgan fingerprint density at radius 1 is 1.10 bits per heavy atom. The smallest absolute Gasteiger partial charge is 0.160 e. The molecule has 0 heterocycles. The van der Waals surface area contributed by atoms with Gasteiger partial charge in [-0.2, -0.15) is 0 Å². The maximum Gasteiger partial charge on any atom is 0.160 e.